The molecular formula is C25H32N4O2. The number of hydrogen-bond donors (Lipinski definition) is 0. The molecule has 0 bridgehead atoms. The van der Waals surface area contributed by atoms with E-state index in [9.17, 15) is 4.79 Å². The highest BCUT2D eigenvalue weighted by atomic mass is 16.5. The third kappa shape index (κ3) is 4.11. The summed E-state index contributed by atoms with van der Waals surface area (Å²) in [6.45, 7) is 7.52. The Kier molecular flexibility index (Phi) is 5.76. The Morgan fingerprint density at radius 3 is 2.58 bits per heavy atom. The summed E-state index contributed by atoms with van der Waals surface area (Å²) in [5, 5.41) is 0. The fourth-order valence-corrected chi connectivity index (χ4v) is 5.31. The summed E-state index contributed by atoms with van der Waals surface area (Å²) in [5.74, 6) is 1.88. The van der Waals surface area contributed by atoms with Crippen molar-refractivity contribution < 1.29 is 9.53 Å². The first-order chi connectivity index (χ1) is 15.1. The van der Waals surface area contributed by atoms with E-state index in [-0.39, 0.29) is 11.9 Å². The first kappa shape index (κ1) is 20.6. The van der Waals surface area contributed by atoms with E-state index in [1.807, 2.05) is 4.90 Å². The van der Waals surface area contributed by atoms with Gasteiger partial charge in [0.15, 0.2) is 0 Å². The molecule has 164 valence electrons. The smallest absolute Gasteiger partial charge is 0.228 e. The zero-order valence-corrected chi connectivity index (χ0v) is 18.6. The molecule has 0 spiro atoms. The van der Waals surface area contributed by atoms with Gasteiger partial charge in [0.1, 0.15) is 11.6 Å². The largest absolute Gasteiger partial charge is 0.381 e. The van der Waals surface area contributed by atoms with Crippen molar-refractivity contribution >= 4 is 11.7 Å². The lowest BCUT2D eigenvalue weighted by Gasteiger charge is -2.36. The molecule has 1 unspecified atom stereocenters. The standard InChI is InChI=1S/C25H32N4O2/c1-17-5-7-19(8-6-17)16-29-23(30)10-9-21-18(2)26-24(27-25(21)29)22-4-3-13-28(22)20-11-14-31-15-12-20/h5-8,20,22H,3-4,9-16H2,1-2H3. The van der Waals surface area contributed by atoms with Crippen molar-refractivity contribution in [2.75, 3.05) is 24.7 Å². The molecule has 0 saturated carbocycles. The Morgan fingerprint density at radius 1 is 1.03 bits per heavy atom. The average molecular weight is 421 g/mol. The predicted octanol–water partition coefficient (Wildman–Crippen LogP) is 3.89. The summed E-state index contributed by atoms with van der Waals surface area (Å²) in [6.07, 6.45) is 5.69. The second-order valence-corrected chi connectivity index (χ2v) is 9.17. The Morgan fingerprint density at radius 2 is 1.81 bits per heavy atom. The van der Waals surface area contributed by atoms with Gasteiger partial charge in [0.2, 0.25) is 5.91 Å². The number of rotatable bonds is 4. The number of nitrogens with zero attached hydrogens (tertiary/aromatic N) is 4. The van der Waals surface area contributed by atoms with Crippen LogP contribution in [-0.4, -0.2) is 46.6 Å². The summed E-state index contributed by atoms with van der Waals surface area (Å²) in [7, 11) is 0. The van der Waals surface area contributed by atoms with Crippen molar-refractivity contribution in [2.24, 2.45) is 0 Å². The van der Waals surface area contributed by atoms with Crippen molar-refractivity contribution in [2.45, 2.75) is 71.0 Å². The summed E-state index contributed by atoms with van der Waals surface area (Å²) in [6, 6.07) is 9.21. The Labute approximate surface area is 184 Å². The van der Waals surface area contributed by atoms with E-state index in [2.05, 4.69) is 43.0 Å². The van der Waals surface area contributed by atoms with Crippen LogP contribution in [0.1, 0.15) is 66.4 Å². The van der Waals surface area contributed by atoms with Crippen LogP contribution in [0.15, 0.2) is 24.3 Å². The third-order valence-electron chi connectivity index (χ3n) is 7.07. The summed E-state index contributed by atoms with van der Waals surface area (Å²) < 4.78 is 5.58. The minimum Gasteiger partial charge on any atom is -0.381 e. The quantitative estimate of drug-likeness (QED) is 0.751. The van der Waals surface area contributed by atoms with Crippen LogP contribution in [0.3, 0.4) is 0 Å². The lowest BCUT2D eigenvalue weighted by molar-refractivity contribution is -0.119. The highest BCUT2D eigenvalue weighted by Crippen LogP contribution is 2.37. The summed E-state index contributed by atoms with van der Waals surface area (Å²) in [4.78, 5) is 27.4. The van der Waals surface area contributed by atoms with Gasteiger partial charge in [0.05, 0.1) is 12.6 Å². The van der Waals surface area contributed by atoms with Gasteiger partial charge < -0.3 is 4.74 Å². The van der Waals surface area contributed by atoms with E-state index >= 15 is 0 Å². The normalized spacial score (nSPS) is 22.7. The van der Waals surface area contributed by atoms with Gasteiger partial charge in [-0.3, -0.25) is 14.6 Å². The maximum absolute atomic E-state index is 12.9. The van der Waals surface area contributed by atoms with Crippen LogP contribution in [-0.2, 0) is 22.5 Å². The zero-order chi connectivity index (χ0) is 21.4. The minimum absolute atomic E-state index is 0.157. The van der Waals surface area contributed by atoms with Crippen LogP contribution < -0.4 is 4.90 Å². The van der Waals surface area contributed by atoms with Gasteiger partial charge in [0, 0.05) is 36.9 Å². The van der Waals surface area contributed by atoms with Crippen LogP contribution in [0.2, 0.25) is 0 Å². The van der Waals surface area contributed by atoms with Crippen molar-refractivity contribution in [1.29, 1.82) is 0 Å². The Balaban J connectivity index is 1.47. The molecule has 1 aromatic heterocycles. The number of carbonyl (C=O) groups is 1. The first-order valence-electron chi connectivity index (χ1n) is 11.7. The SMILES string of the molecule is Cc1ccc(CN2C(=O)CCc3c(C)nc(C4CCCN4C4CCOCC4)nc32)cc1. The molecule has 1 atom stereocenters. The number of amides is 1. The number of aryl methyl sites for hydroxylation is 2. The molecule has 6 nitrogen and oxygen atoms in total. The average Bonchev–Trinajstić information content (AvgIpc) is 3.28. The molecule has 6 heteroatoms. The number of likely N-dealkylation sites (tertiary alicyclic amines) is 1. The van der Waals surface area contributed by atoms with Gasteiger partial charge in [-0.2, -0.15) is 0 Å². The van der Waals surface area contributed by atoms with Crippen LogP contribution >= 0.6 is 0 Å². The fraction of sp³-hybridized carbons (Fsp3) is 0.560. The number of aromatic nitrogens is 2. The second-order valence-electron chi connectivity index (χ2n) is 9.17. The summed E-state index contributed by atoms with van der Waals surface area (Å²) >= 11 is 0. The lowest BCUT2D eigenvalue weighted by atomic mass is 10.0. The molecule has 5 rings (SSSR count). The van der Waals surface area contributed by atoms with Crippen LogP contribution in [0.4, 0.5) is 5.82 Å². The lowest BCUT2D eigenvalue weighted by Crippen LogP contribution is -2.40. The third-order valence-corrected chi connectivity index (χ3v) is 7.07. The van der Waals surface area contributed by atoms with E-state index in [1.54, 1.807) is 0 Å². The monoisotopic (exact) mass is 420 g/mol. The number of fused-ring (bicyclic) bond motifs is 1. The van der Waals surface area contributed by atoms with E-state index in [1.165, 1.54) is 12.0 Å². The van der Waals surface area contributed by atoms with Crippen LogP contribution in [0.5, 0.6) is 0 Å². The number of ether oxygens (including phenoxy) is 1. The molecule has 31 heavy (non-hydrogen) atoms. The second kappa shape index (κ2) is 8.67. The van der Waals surface area contributed by atoms with Crippen molar-refractivity contribution in [3.63, 3.8) is 0 Å². The maximum Gasteiger partial charge on any atom is 0.228 e. The number of benzene rings is 1. The molecular weight excluding hydrogens is 388 g/mol. The molecule has 3 aliphatic rings. The molecule has 1 aromatic carbocycles. The van der Waals surface area contributed by atoms with Crippen molar-refractivity contribution in [3.05, 3.63) is 52.5 Å². The molecule has 3 aliphatic heterocycles. The molecule has 4 heterocycles. The topological polar surface area (TPSA) is 58.6 Å². The number of hydrogen-bond acceptors (Lipinski definition) is 5. The molecule has 2 saturated heterocycles. The minimum atomic E-state index is 0.157. The zero-order valence-electron chi connectivity index (χ0n) is 18.6. The van der Waals surface area contributed by atoms with Crippen LogP contribution in [0.25, 0.3) is 0 Å². The summed E-state index contributed by atoms with van der Waals surface area (Å²) in [5.41, 5.74) is 4.52. The molecule has 0 radical (unpaired) electrons. The molecule has 2 fully saturated rings. The Hall–Kier alpha value is -2.31. The fourth-order valence-electron chi connectivity index (χ4n) is 5.31. The highest BCUT2D eigenvalue weighted by Gasteiger charge is 2.36. The number of anilines is 1. The molecule has 0 N–H and O–H groups in total. The van der Waals surface area contributed by atoms with Crippen molar-refractivity contribution in [3.8, 4) is 0 Å². The van der Waals surface area contributed by atoms with Gasteiger partial charge in [-0.25, -0.2) is 9.97 Å². The van der Waals surface area contributed by atoms with Crippen molar-refractivity contribution in [1.82, 2.24) is 14.9 Å². The Bertz CT molecular complexity index is 953. The first-order valence-corrected chi connectivity index (χ1v) is 11.7. The van der Waals surface area contributed by atoms with E-state index in [0.717, 1.165) is 73.9 Å². The van der Waals surface area contributed by atoms with E-state index in [0.29, 0.717) is 19.0 Å². The predicted molar refractivity (Wildman–Crippen MR) is 120 cm³/mol. The molecule has 0 aliphatic carbocycles. The van der Waals surface area contributed by atoms with Gasteiger partial charge in [-0.15, -0.1) is 0 Å². The van der Waals surface area contributed by atoms with Gasteiger partial charge in [0.25, 0.3) is 0 Å². The molecule has 2 aromatic rings. The van der Waals surface area contributed by atoms with E-state index < -0.39 is 0 Å². The van der Waals surface area contributed by atoms with E-state index in [4.69, 9.17) is 14.7 Å². The molecule has 1 amide bonds. The van der Waals surface area contributed by atoms with Crippen LogP contribution in [0, 0.1) is 13.8 Å². The van der Waals surface area contributed by atoms with Gasteiger partial charge >= 0.3 is 0 Å². The highest BCUT2D eigenvalue weighted by molar-refractivity contribution is 5.95. The van der Waals surface area contributed by atoms with Gasteiger partial charge in [-0.1, -0.05) is 29.8 Å². The number of carbonyl (C=O) groups excluding carboxylic acids is 1. The van der Waals surface area contributed by atoms with Gasteiger partial charge in [-0.05, 0) is 58.1 Å². The maximum atomic E-state index is 12.9.